The maximum atomic E-state index is 12.9. The number of anilines is 1. The summed E-state index contributed by atoms with van der Waals surface area (Å²) in [6.45, 7) is 1.58. The number of nitriles is 1. The van der Waals surface area contributed by atoms with Crippen molar-refractivity contribution in [2.45, 2.75) is 6.92 Å². The molecule has 1 aromatic heterocycles. The van der Waals surface area contributed by atoms with Crippen LogP contribution in [0.5, 0.6) is 0 Å². The summed E-state index contributed by atoms with van der Waals surface area (Å²) < 4.78 is 12.9. The number of hydrazine groups is 1. The van der Waals surface area contributed by atoms with Crippen LogP contribution in [0.1, 0.15) is 12.5 Å². The quantitative estimate of drug-likeness (QED) is 0.386. The minimum atomic E-state index is -0.337. The Balaban J connectivity index is 2.49. The van der Waals surface area contributed by atoms with Gasteiger partial charge in [-0.2, -0.15) is 10.4 Å². The first-order chi connectivity index (χ1) is 10.0. The van der Waals surface area contributed by atoms with E-state index in [9.17, 15) is 4.39 Å². The molecule has 4 N–H and O–H groups in total. The highest BCUT2D eigenvalue weighted by molar-refractivity contribution is 5.79. The first-order valence-corrected chi connectivity index (χ1v) is 6.03. The predicted octanol–water partition coefficient (Wildman–Crippen LogP) is 1.73. The van der Waals surface area contributed by atoms with E-state index in [1.807, 2.05) is 6.07 Å². The average molecular weight is 284 g/mol. The number of rotatable bonds is 3. The van der Waals surface area contributed by atoms with Crippen molar-refractivity contribution in [1.29, 1.82) is 5.26 Å². The third-order valence-corrected chi connectivity index (χ3v) is 2.65. The molecule has 7 heteroatoms. The normalized spacial score (nSPS) is 11.0. The minimum Gasteiger partial charge on any atom is -0.386 e. The van der Waals surface area contributed by atoms with Gasteiger partial charge in [-0.15, -0.1) is 5.10 Å². The number of amidine groups is 1. The second-order valence-electron chi connectivity index (χ2n) is 4.29. The lowest BCUT2D eigenvalue weighted by Crippen LogP contribution is -2.28. The Bertz CT molecular complexity index is 713. The van der Waals surface area contributed by atoms with Crippen LogP contribution in [0.4, 0.5) is 10.1 Å². The average Bonchev–Trinajstić information content (AvgIpc) is 2.46. The maximum Gasteiger partial charge on any atom is 0.123 e. The Labute approximate surface area is 121 Å². The van der Waals surface area contributed by atoms with E-state index >= 15 is 0 Å². The van der Waals surface area contributed by atoms with Crippen molar-refractivity contribution in [2.24, 2.45) is 16.7 Å². The van der Waals surface area contributed by atoms with Gasteiger partial charge in [0, 0.05) is 11.8 Å². The molecular formula is C14H13FN6. The summed E-state index contributed by atoms with van der Waals surface area (Å²) in [5.41, 5.74) is 7.34. The SMILES string of the molecule is C/C(N)=N/N(N)c1cc(-c2ccc(F)cc2)ncc1C#N. The molecule has 0 unspecified atom stereocenters. The summed E-state index contributed by atoms with van der Waals surface area (Å²) in [5.74, 6) is 5.69. The summed E-state index contributed by atoms with van der Waals surface area (Å²) in [7, 11) is 0. The van der Waals surface area contributed by atoms with Gasteiger partial charge in [0.05, 0.1) is 16.9 Å². The molecule has 0 fully saturated rings. The molecule has 2 aromatic rings. The number of hydrogen-bond acceptors (Lipinski definition) is 5. The molecule has 0 spiro atoms. The second-order valence-corrected chi connectivity index (χ2v) is 4.29. The van der Waals surface area contributed by atoms with Crippen molar-refractivity contribution in [3.8, 4) is 17.3 Å². The van der Waals surface area contributed by atoms with Crippen LogP contribution in [-0.4, -0.2) is 10.8 Å². The van der Waals surface area contributed by atoms with Gasteiger partial charge >= 0.3 is 0 Å². The Kier molecular flexibility index (Phi) is 4.11. The van der Waals surface area contributed by atoms with Crippen LogP contribution in [0, 0.1) is 17.1 Å². The molecule has 0 aliphatic rings. The number of nitrogens with zero attached hydrogens (tertiary/aromatic N) is 4. The van der Waals surface area contributed by atoms with Gasteiger partial charge in [0.15, 0.2) is 0 Å². The molecule has 0 amide bonds. The summed E-state index contributed by atoms with van der Waals surface area (Å²) in [5, 5.41) is 14.0. The van der Waals surface area contributed by atoms with E-state index in [4.69, 9.17) is 16.8 Å². The molecule has 0 saturated heterocycles. The molecule has 0 aliphatic heterocycles. The van der Waals surface area contributed by atoms with E-state index in [-0.39, 0.29) is 17.2 Å². The van der Waals surface area contributed by atoms with Crippen LogP contribution in [0.2, 0.25) is 0 Å². The van der Waals surface area contributed by atoms with Gasteiger partial charge < -0.3 is 5.73 Å². The first kappa shape index (κ1) is 14.4. The van der Waals surface area contributed by atoms with Gasteiger partial charge in [0.25, 0.3) is 0 Å². The zero-order valence-electron chi connectivity index (χ0n) is 11.3. The summed E-state index contributed by atoms with van der Waals surface area (Å²) >= 11 is 0. The highest BCUT2D eigenvalue weighted by atomic mass is 19.1. The number of pyridine rings is 1. The van der Waals surface area contributed by atoms with E-state index < -0.39 is 0 Å². The molecule has 0 saturated carbocycles. The molecule has 0 radical (unpaired) electrons. The maximum absolute atomic E-state index is 12.9. The van der Waals surface area contributed by atoms with E-state index in [0.717, 1.165) is 5.12 Å². The monoisotopic (exact) mass is 284 g/mol. The van der Waals surface area contributed by atoms with Crippen molar-refractivity contribution in [1.82, 2.24) is 4.98 Å². The first-order valence-electron chi connectivity index (χ1n) is 6.03. The van der Waals surface area contributed by atoms with Gasteiger partial charge in [0.1, 0.15) is 17.7 Å². The van der Waals surface area contributed by atoms with E-state index in [2.05, 4.69) is 10.1 Å². The fraction of sp³-hybridized carbons (Fsp3) is 0.0714. The Morgan fingerprint density at radius 2 is 2.05 bits per heavy atom. The minimum absolute atomic E-state index is 0.251. The molecule has 106 valence electrons. The van der Waals surface area contributed by atoms with Crippen LogP contribution in [0.3, 0.4) is 0 Å². The largest absolute Gasteiger partial charge is 0.386 e. The summed E-state index contributed by atoms with van der Waals surface area (Å²) in [6, 6.07) is 9.42. The van der Waals surface area contributed by atoms with Gasteiger partial charge in [0.2, 0.25) is 0 Å². The molecular weight excluding hydrogens is 271 g/mol. The van der Waals surface area contributed by atoms with Gasteiger partial charge in [-0.05, 0) is 37.3 Å². The highest BCUT2D eigenvalue weighted by Crippen LogP contribution is 2.25. The zero-order chi connectivity index (χ0) is 15.4. The summed E-state index contributed by atoms with van der Waals surface area (Å²) in [6.07, 6.45) is 1.38. The van der Waals surface area contributed by atoms with Crippen LogP contribution >= 0.6 is 0 Å². The van der Waals surface area contributed by atoms with Crippen LogP contribution < -0.4 is 16.7 Å². The molecule has 1 aromatic carbocycles. The van der Waals surface area contributed by atoms with Crippen LogP contribution in [-0.2, 0) is 0 Å². The van der Waals surface area contributed by atoms with E-state index in [1.165, 1.54) is 18.3 Å². The van der Waals surface area contributed by atoms with Gasteiger partial charge in [-0.25, -0.2) is 10.2 Å². The fourth-order valence-electron chi connectivity index (χ4n) is 1.72. The smallest absolute Gasteiger partial charge is 0.123 e. The topological polar surface area (TPSA) is 104 Å². The van der Waals surface area contributed by atoms with E-state index in [1.54, 1.807) is 25.1 Å². The highest BCUT2D eigenvalue weighted by Gasteiger charge is 2.11. The van der Waals surface area contributed by atoms with E-state index in [0.29, 0.717) is 16.9 Å². The number of hydrogen-bond donors (Lipinski definition) is 2. The van der Waals surface area contributed by atoms with Gasteiger partial charge in [-0.1, -0.05) is 0 Å². The molecule has 0 aliphatic carbocycles. The van der Waals surface area contributed by atoms with Crippen molar-refractivity contribution >= 4 is 11.5 Å². The molecule has 21 heavy (non-hydrogen) atoms. The third-order valence-electron chi connectivity index (χ3n) is 2.65. The summed E-state index contributed by atoms with van der Waals surface area (Å²) in [4.78, 5) is 4.16. The van der Waals surface area contributed by atoms with Crippen LogP contribution in [0.25, 0.3) is 11.3 Å². The fourth-order valence-corrected chi connectivity index (χ4v) is 1.72. The molecule has 0 bridgehead atoms. The molecule has 1 heterocycles. The standard InChI is InChI=1S/C14H13FN6/c1-9(17)20-21(18)14-6-13(19-8-11(14)7-16)10-2-4-12(15)5-3-10/h2-6,8H,18H2,1H3,(H2,17,20). The van der Waals surface area contributed by atoms with Crippen molar-refractivity contribution in [2.75, 3.05) is 5.12 Å². The number of hydrazone groups is 1. The number of halogens is 1. The number of nitrogens with two attached hydrogens (primary N) is 2. The lowest BCUT2D eigenvalue weighted by Gasteiger charge is -2.15. The van der Waals surface area contributed by atoms with Crippen LogP contribution in [0.15, 0.2) is 41.6 Å². The Hall–Kier alpha value is -2.98. The van der Waals surface area contributed by atoms with Gasteiger partial charge in [-0.3, -0.25) is 4.98 Å². The lowest BCUT2D eigenvalue weighted by atomic mass is 10.1. The van der Waals surface area contributed by atoms with Crippen molar-refractivity contribution in [3.63, 3.8) is 0 Å². The Morgan fingerprint density at radius 3 is 2.62 bits per heavy atom. The molecule has 0 atom stereocenters. The predicted molar refractivity (Wildman–Crippen MR) is 78.3 cm³/mol. The molecule has 6 nitrogen and oxygen atoms in total. The molecule has 2 rings (SSSR count). The van der Waals surface area contributed by atoms with Crippen molar-refractivity contribution < 1.29 is 4.39 Å². The third kappa shape index (κ3) is 3.32. The number of aromatic nitrogens is 1. The Morgan fingerprint density at radius 1 is 1.38 bits per heavy atom. The number of benzene rings is 1. The second kappa shape index (κ2) is 5.98. The van der Waals surface area contributed by atoms with Crippen molar-refractivity contribution in [3.05, 3.63) is 47.9 Å². The zero-order valence-corrected chi connectivity index (χ0v) is 11.3. The lowest BCUT2D eigenvalue weighted by molar-refractivity contribution is 0.628.